The van der Waals surface area contributed by atoms with Gasteiger partial charge in [0.2, 0.25) is 0 Å². The van der Waals surface area contributed by atoms with Gasteiger partial charge >= 0.3 is 0 Å². The molecule has 0 saturated carbocycles. The van der Waals surface area contributed by atoms with E-state index in [9.17, 15) is 0 Å². The van der Waals surface area contributed by atoms with E-state index in [4.69, 9.17) is 10.5 Å². The molecule has 3 heteroatoms. The largest absolute Gasteiger partial charge is 0.491 e. The molecule has 2 N–H and O–H groups in total. The number of rotatable bonds is 5. The van der Waals surface area contributed by atoms with Crippen molar-refractivity contribution in [3.8, 4) is 5.75 Å². The molecule has 1 fully saturated rings. The van der Waals surface area contributed by atoms with Crippen LogP contribution < -0.4 is 15.4 Å². The van der Waals surface area contributed by atoms with Crippen LogP contribution in [0.4, 0.5) is 5.69 Å². The second-order valence-corrected chi connectivity index (χ2v) is 6.35. The Morgan fingerprint density at radius 3 is 2.90 bits per heavy atom. The molecule has 0 spiro atoms. The molecule has 0 aromatic heterocycles. The molecule has 2 rings (SSSR count). The third kappa shape index (κ3) is 4.14. The Morgan fingerprint density at radius 1 is 1.40 bits per heavy atom. The zero-order chi connectivity index (χ0) is 14.5. The highest BCUT2D eigenvalue weighted by Crippen LogP contribution is 2.31. The molecule has 0 bridgehead atoms. The molecule has 0 aliphatic carbocycles. The van der Waals surface area contributed by atoms with Crippen LogP contribution in [0.25, 0.3) is 0 Å². The summed E-state index contributed by atoms with van der Waals surface area (Å²) in [5.41, 5.74) is 8.59. The van der Waals surface area contributed by atoms with Gasteiger partial charge in [-0.2, -0.15) is 0 Å². The van der Waals surface area contributed by atoms with Crippen molar-refractivity contribution in [3.05, 3.63) is 23.8 Å². The molecular weight excluding hydrogens is 248 g/mol. The SMILES string of the molecule is Cc1ccc(OCCC(C)C)c(N2CCCC(N)C2)c1. The van der Waals surface area contributed by atoms with Crippen molar-refractivity contribution in [3.63, 3.8) is 0 Å². The Hall–Kier alpha value is -1.22. The van der Waals surface area contributed by atoms with Gasteiger partial charge in [-0.15, -0.1) is 0 Å². The maximum atomic E-state index is 6.11. The molecule has 1 heterocycles. The van der Waals surface area contributed by atoms with Crippen molar-refractivity contribution >= 4 is 5.69 Å². The van der Waals surface area contributed by atoms with Crippen molar-refractivity contribution in [2.45, 2.75) is 46.1 Å². The third-order valence-electron chi connectivity index (χ3n) is 3.87. The molecule has 0 amide bonds. The van der Waals surface area contributed by atoms with Gasteiger partial charge in [-0.1, -0.05) is 19.9 Å². The summed E-state index contributed by atoms with van der Waals surface area (Å²) in [4.78, 5) is 2.38. The highest BCUT2D eigenvalue weighted by atomic mass is 16.5. The Kier molecular flexibility index (Phi) is 5.30. The monoisotopic (exact) mass is 276 g/mol. The van der Waals surface area contributed by atoms with E-state index >= 15 is 0 Å². The van der Waals surface area contributed by atoms with Crippen LogP contribution in [-0.2, 0) is 0 Å². The van der Waals surface area contributed by atoms with E-state index in [-0.39, 0.29) is 6.04 Å². The molecule has 1 aliphatic heterocycles. The summed E-state index contributed by atoms with van der Waals surface area (Å²) in [6, 6.07) is 6.74. The number of aryl methyl sites for hydroxylation is 1. The van der Waals surface area contributed by atoms with Crippen molar-refractivity contribution in [2.24, 2.45) is 11.7 Å². The standard InChI is InChI=1S/C17H28N2O/c1-13(2)8-10-20-17-7-6-14(3)11-16(17)19-9-4-5-15(18)12-19/h6-7,11,13,15H,4-5,8-10,12,18H2,1-3H3. The van der Waals surface area contributed by atoms with Crippen LogP contribution in [0.2, 0.25) is 0 Å². The molecule has 1 aromatic rings. The number of hydrogen-bond acceptors (Lipinski definition) is 3. The Balaban J connectivity index is 2.10. The zero-order valence-electron chi connectivity index (χ0n) is 13.1. The second kappa shape index (κ2) is 6.98. The van der Waals surface area contributed by atoms with Crippen LogP contribution in [-0.4, -0.2) is 25.7 Å². The first-order valence-electron chi connectivity index (χ1n) is 7.80. The molecule has 1 unspecified atom stereocenters. The van der Waals surface area contributed by atoms with Gasteiger partial charge in [0.15, 0.2) is 0 Å². The summed E-state index contributed by atoms with van der Waals surface area (Å²) in [6.45, 7) is 9.38. The first-order chi connectivity index (χ1) is 9.56. The zero-order valence-corrected chi connectivity index (χ0v) is 13.1. The molecular formula is C17H28N2O. The van der Waals surface area contributed by atoms with E-state index in [1.165, 1.54) is 17.7 Å². The number of anilines is 1. The van der Waals surface area contributed by atoms with Crippen molar-refractivity contribution in [2.75, 3.05) is 24.6 Å². The van der Waals surface area contributed by atoms with Gasteiger partial charge in [0, 0.05) is 19.1 Å². The van der Waals surface area contributed by atoms with Crippen LogP contribution in [0.1, 0.15) is 38.7 Å². The van der Waals surface area contributed by atoms with Crippen molar-refractivity contribution in [1.82, 2.24) is 0 Å². The lowest BCUT2D eigenvalue weighted by atomic mass is 10.0. The number of hydrogen-bond donors (Lipinski definition) is 1. The summed E-state index contributed by atoms with van der Waals surface area (Å²) in [5, 5.41) is 0. The number of nitrogens with two attached hydrogens (primary N) is 1. The van der Waals surface area contributed by atoms with E-state index in [1.54, 1.807) is 0 Å². The highest BCUT2D eigenvalue weighted by molar-refractivity contribution is 5.60. The van der Waals surface area contributed by atoms with Crippen molar-refractivity contribution in [1.29, 1.82) is 0 Å². The van der Waals surface area contributed by atoms with Gasteiger partial charge in [-0.25, -0.2) is 0 Å². The van der Waals surface area contributed by atoms with E-state index in [0.717, 1.165) is 38.3 Å². The molecule has 1 atom stereocenters. The minimum atomic E-state index is 0.285. The summed E-state index contributed by atoms with van der Waals surface area (Å²) in [5.74, 6) is 1.68. The summed E-state index contributed by atoms with van der Waals surface area (Å²) >= 11 is 0. The van der Waals surface area contributed by atoms with Gasteiger partial charge in [0.05, 0.1) is 12.3 Å². The number of benzene rings is 1. The number of piperidine rings is 1. The lowest BCUT2D eigenvalue weighted by Gasteiger charge is -2.33. The first-order valence-corrected chi connectivity index (χ1v) is 7.80. The maximum absolute atomic E-state index is 6.11. The Morgan fingerprint density at radius 2 is 2.20 bits per heavy atom. The molecule has 0 radical (unpaired) electrons. The molecule has 1 saturated heterocycles. The Bertz CT molecular complexity index is 431. The topological polar surface area (TPSA) is 38.5 Å². The molecule has 1 aliphatic rings. The number of ether oxygens (including phenoxy) is 1. The second-order valence-electron chi connectivity index (χ2n) is 6.35. The van der Waals surface area contributed by atoms with Gasteiger partial charge in [0.25, 0.3) is 0 Å². The normalized spacial score (nSPS) is 19.4. The van der Waals surface area contributed by atoms with E-state index in [1.807, 2.05) is 0 Å². The van der Waals surface area contributed by atoms with E-state index in [0.29, 0.717) is 5.92 Å². The number of nitrogens with zero attached hydrogens (tertiary/aromatic N) is 1. The minimum Gasteiger partial charge on any atom is -0.491 e. The van der Waals surface area contributed by atoms with Gasteiger partial charge in [0.1, 0.15) is 5.75 Å². The summed E-state index contributed by atoms with van der Waals surface area (Å²) < 4.78 is 6.01. The predicted molar refractivity (Wildman–Crippen MR) is 85.6 cm³/mol. The van der Waals surface area contributed by atoms with E-state index < -0.39 is 0 Å². The van der Waals surface area contributed by atoms with Gasteiger partial charge in [-0.3, -0.25) is 0 Å². The van der Waals surface area contributed by atoms with Crippen LogP contribution in [0.15, 0.2) is 18.2 Å². The molecule has 3 nitrogen and oxygen atoms in total. The predicted octanol–water partition coefficient (Wildman–Crippen LogP) is 3.35. The molecule has 20 heavy (non-hydrogen) atoms. The average Bonchev–Trinajstić information content (AvgIpc) is 2.40. The first kappa shape index (κ1) is 15.2. The van der Waals surface area contributed by atoms with Gasteiger partial charge < -0.3 is 15.4 Å². The quantitative estimate of drug-likeness (QED) is 0.896. The minimum absolute atomic E-state index is 0.285. The lowest BCUT2D eigenvalue weighted by Crippen LogP contribution is -2.43. The fourth-order valence-electron chi connectivity index (χ4n) is 2.63. The van der Waals surface area contributed by atoms with Crippen LogP contribution in [0.5, 0.6) is 5.75 Å². The fourth-order valence-corrected chi connectivity index (χ4v) is 2.63. The third-order valence-corrected chi connectivity index (χ3v) is 3.87. The lowest BCUT2D eigenvalue weighted by molar-refractivity contribution is 0.289. The summed E-state index contributed by atoms with van der Waals surface area (Å²) in [6.07, 6.45) is 3.39. The maximum Gasteiger partial charge on any atom is 0.142 e. The van der Waals surface area contributed by atoms with Crippen LogP contribution in [0, 0.1) is 12.8 Å². The highest BCUT2D eigenvalue weighted by Gasteiger charge is 2.20. The smallest absolute Gasteiger partial charge is 0.142 e. The van der Waals surface area contributed by atoms with E-state index in [2.05, 4.69) is 43.9 Å². The van der Waals surface area contributed by atoms with Crippen LogP contribution >= 0.6 is 0 Å². The molecule has 1 aromatic carbocycles. The van der Waals surface area contributed by atoms with Crippen molar-refractivity contribution < 1.29 is 4.74 Å². The fraction of sp³-hybridized carbons (Fsp3) is 0.647. The van der Waals surface area contributed by atoms with Gasteiger partial charge in [-0.05, 0) is 49.8 Å². The molecule has 112 valence electrons. The Labute approximate surface area is 123 Å². The van der Waals surface area contributed by atoms with Crippen LogP contribution in [0.3, 0.4) is 0 Å². The summed E-state index contributed by atoms with van der Waals surface area (Å²) in [7, 11) is 0. The average molecular weight is 276 g/mol.